The molecule has 0 bridgehead atoms. The van der Waals surface area contributed by atoms with E-state index in [0.717, 1.165) is 10.9 Å². The molecule has 0 unspecified atom stereocenters. The third-order valence-electron chi connectivity index (χ3n) is 4.58. The number of aromatic nitrogens is 3. The van der Waals surface area contributed by atoms with Gasteiger partial charge in [-0.15, -0.1) is 0 Å². The van der Waals surface area contributed by atoms with Crippen LogP contribution in [0.1, 0.15) is 17.3 Å². The van der Waals surface area contributed by atoms with E-state index < -0.39 is 10.9 Å². The highest BCUT2D eigenvalue weighted by molar-refractivity contribution is 5.97. The van der Waals surface area contributed by atoms with Crippen molar-refractivity contribution >= 4 is 45.6 Å². The molecule has 2 N–H and O–H groups in total. The molecule has 4 aromatic rings. The van der Waals surface area contributed by atoms with Crippen LogP contribution in [0, 0.1) is 10.1 Å². The van der Waals surface area contributed by atoms with Crippen LogP contribution in [0.15, 0.2) is 67.1 Å². The summed E-state index contributed by atoms with van der Waals surface area (Å²) in [5.41, 5.74) is 1.53. The Labute approximate surface area is 182 Å². The van der Waals surface area contributed by atoms with Gasteiger partial charge in [0.05, 0.1) is 28.3 Å². The number of hydrogen-bond acceptors (Lipinski definition) is 9. The molecule has 0 spiro atoms. The summed E-state index contributed by atoms with van der Waals surface area (Å²) < 4.78 is 5.06. The van der Waals surface area contributed by atoms with E-state index in [2.05, 4.69) is 25.6 Å². The van der Waals surface area contributed by atoms with Gasteiger partial charge >= 0.3 is 11.7 Å². The van der Waals surface area contributed by atoms with Crippen molar-refractivity contribution in [2.45, 2.75) is 6.92 Å². The highest BCUT2D eigenvalue weighted by atomic mass is 16.6. The maximum Gasteiger partial charge on any atom is 0.353 e. The zero-order chi connectivity index (χ0) is 22.5. The normalized spacial score (nSPS) is 10.5. The highest BCUT2D eigenvalue weighted by Gasteiger charge is 2.25. The number of carbonyl (C=O) groups excluding carboxylic acids is 1. The lowest BCUT2D eigenvalue weighted by Gasteiger charge is -2.13. The van der Waals surface area contributed by atoms with Crippen LogP contribution in [0.25, 0.3) is 10.9 Å². The summed E-state index contributed by atoms with van der Waals surface area (Å²) in [7, 11) is 0. The number of ether oxygens (including phenoxy) is 1. The molecule has 2 aromatic heterocycles. The van der Waals surface area contributed by atoms with Crippen LogP contribution in [-0.4, -0.2) is 32.5 Å². The summed E-state index contributed by atoms with van der Waals surface area (Å²) in [6, 6.07) is 15.6. The first-order valence-corrected chi connectivity index (χ1v) is 9.71. The molecule has 0 saturated carbocycles. The molecular weight excluding hydrogens is 412 g/mol. The van der Waals surface area contributed by atoms with Gasteiger partial charge in [0.25, 0.3) is 0 Å². The van der Waals surface area contributed by atoms with Gasteiger partial charge in [-0.05, 0) is 43.3 Å². The summed E-state index contributed by atoms with van der Waals surface area (Å²) in [5.74, 6) is -0.617. The molecule has 160 valence electrons. The fourth-order valence-electron chi connectivity index (χ4n) is 3.18. The second kappa shape index (κ2) is 9.04. The summed E-state index contributed by atoms with van der Waals surface area (Å²) >= 11 is 0. The Morgan fingerprint density at radius 1 is 0.969 bits per heavy atom. The second-order valence-corrected chi connectivity index (χ2v) is 6.57. The second-order valence-electron chi connectivity index (χ2n) is 6.57. The fourth-order valence-corrected chi connectivity index (χ4v) is 3.18. The number of hydrogen-bond donors (Lipinski definition) is 2. The topological polar surface area (TPSA) is 132 Å². The van der Waals surface area contributed by atoms with E-state index in [1.54, 1.807) is 55.6 Å². The van der Waals surface area contributed by atoms with Crippen molar-refractivity contribution in [2.75, 3.05) is 17.2 Å². The average Bonchev–Trinajstić information content (AvgIpc) is 2.80. The maximum atomic E-state index is 12.3. The van der Waals surface area contributed by atoms with Gasteiger partial charge in [0.1, 0.15) is 6.33 Å². The van der Waals surface area contributed by atoms with Gasteiger partial charge in [-0.3, -0.25) is 15.1 Å². The van der Waals surface area contributed by atoms with Crippen molar-refractivity contribution in [2.24, 2.45) is 0 Å². The third-order valence-corrected chi connectivity index (χ3v) is 4.58. The zero-order valence-corrected chi connectivity index (χ0v) is 17.0. The minimum absolute atomic E-state index is 0.00234. The minimum Gasteiger partial charge on any atom is -0.462 e. The van der Waals surface area contributed by atoms with Gasteiger partial charge in [0.15, 0.2) is 0 Å². The van der Waals surface area contributed by atoms with Crippen LogP contribution in [0.3, 0.4) is 0 Å². The summed E-state index contributed by atoms with van der Waals surface area (Å²) in [4.78, 5) is 36.0. The number of pyridine rings is 1. The fraction of sp³-hybridized carbons (Fsp3) is 0.0909. The molecule has 0 aliphatic rings. The first kappa shape index (κ1) is 20.7. The molecule has 0 aliphatic carbocycles. The molecule has 10 heteroatoms. The number of nitrogens with one attached hydrogen (secondary N) is 2. The Kier molecular flexibility index (Phi) is 5.84. The van der Waals surface area contributed by atoms with Crippen LogP contribution in [0.5, 0.6) is 0 Å². The van der Waals surface area contributed by atoms with E-state index >= 15 is 0 Å². The highest BCUT2D eigenvalue weighted by Crippen LogP contribution is 2.35. The Hall–Kier alpha value is -4.60. The number of nitro groups is 1. The monoisotopic (exact) mass is 430 g/mol. The number of anilines is 4. The molecule has 0 saturated heterocycles. The number of fused-ring (bicyclic) bond motifs is 1. The van der Waals surface area contributed by atoms with Crippen molar-refractivity contribution in [3.8, 4) is 0 Å². The SMILES string of the molecule is CCOC(=O)c1ccccc1Nc1ncnc(Nc2cccc3ncccc23)c1[N+](=O)[O-]. The van der Waals surface area contributed by atoms with E-state index in [-0.39, 0.29) is 29.5 Å². The molecule has 2 heterocycles. The van der Waals surface area contributed by atoms with Crippen molar-refractivity contribution in [3.63, 3.8) is 0 Å². The van der Waals surface area contributed by atoms with Crippen molar-refractivity contribution in [3.05, 3.63) is 82.8 Å². The minimum atomic E-state index is -0.582. The van der Waals surface area contributed by atoms with Gasteiger partial charge in [0, 0.05) is 17.3 Å². The predicted octanol–water partition coefficient (Wildman–Crippen LogP) is 4.60. The molecule has 2 aromatic carbocycles. The van der Waals surface area contributed by atoms with Crippen LogP contribution in [-0.2, 0) is 4.74 Å². The van der Waals surface area contributed by atoms with Crippen molar-refractivity contribution < 1.29 is 14.5 Å². The smallest absolute Gasteiger partial charge is 0.353 e. The lowest BCUT2D eigenvalue weighted by molar-refractivity contribution is -0.383. The van der Waals surface area contributed by atoms with Gasteiger partial charge in [0.2, 0.25) is 11.6 Å². The number of rotatable bonds is 7. The zero-order valence-electron chi connectivity index (χ0n) is 17.0. The molecule has 0 atom stereocenters. The van der Waals surface area contributed by atoms with Crippen LogP contribution in [0.4, 0.5) is 28.7 Å². The van der Waals surface area contributed by atoms with E-state index in [9.17, 15) is 14.9 Å². The van der Waals surface area contributed by atoms with Crippen LogP contribution < -0.4 is 10.6 Å². The standard InChI is InChI=1S/C22H18N6O4/c1-2-32-22(29)15-7-3-4-9-18(15)27-21-19(28(30)31)20(24-13-25-21)26-17-11-5-10-16-14(17)8-6-12-23-16/h3-13H,2H2,1H3,(H2,24,25,26,27). The average molecular weight is 430 g/mol. The van der Waals surface area contributed by atoms with E-state index in [4.69, 9.17) is 4.74 Å². The number of nitrogens with zero attached hydrogens (tertiary/aromatic N) is 4. The first-order valence-electron chi connectivity index (χ1n) is 9.71. The lowest BCUT2D eigenvalue weighted by atomic mass is 10.1. The summed E-state index contributed by atoms with van der Waals surface area (Å²) in [6.07, 6.45) is 2.87. The molecule has 0 amide bonds. The lowest BCUT2D eigenvalue weighted by Crippen LogP contribution is -2.10. The van der Waals surface area contributed by atoms with Crippen LogP contribution >= 0.6 is 0 Å². The molecule has 0 fully saturated rings. The Morgan fingerprint density at radius 3 is 2.44 bits per heavy atom. The summed E-state index contributed by atoms with van der Waals surface area (Å²) in [5, 5.41) is 18.6. The largest absolute Gasteiger partial charge is 0.462 e. The van der Waals surface area contributed by atoms with Crippen LogP contribution in [0.2, 0.25) is 0 Å². The number of esters is 1. The predicted molar refractivity (Wildman–Crippen MR) is 119 cm³/mol. The molecule has 10 nitrogen and oxygen atoms in total. The molecule has 0 radical (unpaired) electrons. The summed E-state index contributed by atoms with van der Waals surface area (Å²) in [6.45, 7) is 1.90. The quantitative estimate of drug-likeness (QED) is 0.245. The molecule has 32 heavy (non-hydrogen) atoms. The van der Waals surface area contributed by atoms with E-state index in [1.807, 2.05) is 12.1 Å². The van der Waals surface area contributed by atoms with Crippen molar-refractivity contribution in [1.29, 1.82) is 0 Å². The number of para-hydroxylation sites is 1. The van der Waals surface area contributed by atoms with Gasteiger partial charge in [-0.2, -0.15) is 0 Å². The Balaban J connectivity index is 1.74. The van der Waals surface area contributed by atoms with Gasteiger partial charge in [-0.25, -0.2) is 14.8 Å². The maximum absolute atomic E-state index is 12.3. The Bertz CT molecular complexity index is 1310. The third kappa shape index (κ3) is 4.15. The molecular formula is C22H18N6O4. The molecule has 0 aliphatic heterocycles. The Morgan fingerprint density at radius 2 is 1.69 bits per heavy atom. The van der Waals surface area contributed by atoms with Gasteiger partial charge < -0.3 is 15.4 Å². The van der Waals surface area contributed by atoms with E-state index in [0.29, 0.717) is 11.4 Å². The number of benzene rings is 2. The van der Waals surface area contributed by atoms with Crippen molar-refractivity contribution in [1.82, 2.24) is 15.0 Å². The van der Waals surface area contributed by atoms with Gasteiger partial charge in [-0.1, -0.05) is 18.2 Å². The molecule has 4 rings (SSSR count). The van der Waals surface area contributed by atoms with E-state index in [1.165, 1.54) is 6.33 Å². The first-order chi connectivity index (χ1) is 15.6. The number of carbonyl (C=O) groups is 1.